The van der Waals surface area contributed by atoms with Gasteiger partial charge in [0.2, 0.25) is 5.91 Å². The topological polar surface area (TPSA) is 73.0 Å². The summed E-state index contributed by atoms with van der Waals surface area (Å²) >= 11 is 5.94. The van der Waals surface area contributed by atoms with Gasteiger partial charge in [-0.15, -0.1) is 0 Å². The fourth-order valence-corrected chi connectivity index (χ4v) is 4.29. The van der Waals surface area contributed by atoms with Crippen molar-refractivity contribution in [2.75, 3.05) is 32.7 Å². The van der Waals surface area contributed by atoms with Gasteiger partial charge in [0.05, 0.1) is 0 Å². The summed E-state index contributed by atoms with van der Waals surface area (Å²) in [5.41, 5.74) is 1.77. The zero-order valence-electron chi connectivity index (χ0n) is 18.3. The number of rotatable bonds is 5. The lowest BCUT2D eigenvalue weighted by Gasteiger charge is -2.35. The van der Waals surface area contributed by atoms with Crippen molar-refractivity contribution in [3.8, 4) is 0 Å². The molecule has 0 radical (unpaired) electrons. The van der Waals surface area contributed by atoms with Crippen LogP contribution in [0.25, 0.3) is 0 Å². The molecule has 0 aromatic heterocycles. The van der Waals surface area contributed by atoms with Crippen LogP contribution in [-0.4, -0.2) is 65.3 Å². The number of hydrogen-bond donors (Lipinski definition) is 1. The van der Waals surface area contributed by atoms with E-state index in [4.69, 9.17) is 11.6 Å². The van der Waals surface area contributed by atoms with Crippen LogP contribution in [0.5, 0.6) is 0 Å². The van der Waals surface area contributed by atoms with Crippen LogP contribution < -0.4 is 5.32 Å². The average Bonchev–Trinajstić information content (AvgIpc) is 3.00. The summed E-state index contributed by atoms with van der Waals surface area (Å²) < 4.78 is 0. The number of aryl methyl sites for hydroxylation is 1. The van der Waals surface area contributed by atoms with E-state index in [1.54, 1.807) is 11.8 Å². The van der Waals surface area contributed by atoms with Crippen LogP contribution in [0, 0.1) is 6.92 Å². The molecule has 1 atom stereocenters. The summed E-state index contributed by atoms with van der Waals surface area (Å²) in [6.45, 7) is 6.77. The van der Waals surface area contributed by atoms with E-state index in [2.05, 4.69) is 10.2 Å². The van der Waals surface area contributed by atoms with E-state index >= 15 is 0 Å². The van der Waals surface area contributed by atoms with Crippen LogP contribution in [0.1, 0.15) is 23.6 Å². The molecule has 7 nitrogen and oxygen atoms in total. The molecule has 4 amide bonds. The van der Waals surface area contributed by atoms with E-state index in [0.29, 0.717) is 23.7 Å². The highest BCUT2D eigenvalue weighted by atomic mass is 35.5. The third-order valence-electron chi connectivity index (χ3n) is 6.24. The minimum absolute atomic E-state index is 0.215. The number of hydrogen-bond acceptors (Lipinski definition) is 4. The zero-order valence-corrected chi connectivity index (χ0v) is 19.1. The highest BCUT2D eigenvalue weighted by molar-refractivity contribution is 6.30. The molecule has 2 aromatic rings. The van der Waals surface area contributed by atoms with Crippen molar-refractivity contribution in [2.24, 2.45) is 0 Å². The standard InChI is InChI=1S/C24H27ClN4O3/c1-17-3-7-19(8-4-17)24(2)22(31)29(23(32)26-24)16-21(30)28-13-11-27(12-14-28)15-18-5-9-20(25)10-6-18/h3-10H,11-16H2,1-2H3,(H,26,32). The Morgan fingerprint density at radius 3 is 2.25 bits per heavy atom. The molecule has 2 fully saturated rings. The van der Waals surface area contributed by atoms with Crippen molar-refractivity contribution < 1.29 is 14.4 Å². The Hall–Kier alpha value is -2.90. The normalized spacial score (nSPS) is 21.7. The molecular weight excluding hydrogens is 428 g/mol. The molecule has 0 spiro atoms. The minimum atomic E-state index is -1.16. The molecule has 32 heavy (non-hydrogen) atoms. The van der Waals surface area contributed by atoms with Crippen LogP contribution in [0.3, 0.4) is 0 Å². The van der Waals surface area contributed by atoms with Gasteiger partial charge in [-0.25, -0.2) is 4.79 Å². The van der Waals surface area contributed by atoms with Crippen molar-refractivity contribution in [1.82, 2.24) is 20.0 Å². The highest BCUT2D eigenvalue weighted by Gasteiger charge is 2.49. The van der Waals surface area contributed by atoms with Gasteiger partial charge in [0.15, 0.2) is 0 Å². The summed E-state index contributed by atoms with van der Waals surface area (Å²) in [5.74, 6) is -0.617. The number of nitrogens with one attached hydrogen (secondary N) is 1. The van der Waals surface area contributed by atoms with Gasteiger partial charge in [-0.3, -0.25) is 19.4 Å². The third kappa shape index (κ3) is 4.49. The van der Waals surface area contributed by atoms with Crippen LogP contribution in [0.4, 0.5) is 4.79 Å². The summed E-state index contributed by atoms with van der Waals surface area (Å²) in [6, 6.07) is 14.7. The fraction of sp³-hybridized carbons (Fsp3) is 0.375. The van der Waals surface area contributed by atoms with Crippen LogP contribution in [-0.2, 0) is 21.7 Å². The summed E-state index contributed by atoms with van der Waals surface area (Å²) in [6.07, 6.45) is 0. The van der Waals surface area contributed by atoms with E-state index in [-0.39, 0.29) is 12.5 Å². The first-order valence-electron chi connectivity index (χ1n) is 10.7. The first kappa shape index (κ1) is 22.3. The smallest absolute Gasteiger partial charge is 0.325 e. The Morgan fingerprint density at radius 2 is 1.62 bits per heavy atom. The number of halogens is 1. The molecule has 2 aliphatic heterocycles. The van der Waals surface area contributed by atoms with E-state index in [9.17, 15) is 14.4 Å². The number of amides is 4. The molecule has 2 aromatic carbocycles. The van der Waals surface area contributed by atoms with Gasteiger partial charge in [0, 0.05) is 37.7 Å². The molecule has 0 saturated carbocycles. The molecule has 0 bridgehead atoms. The van der Waals surface area contributed by atoms with Crippen molar-refractivity contribution in [3.05, 3.63) is 70.2 Å². The lowest BCUT2D eigenvalue weighted by molar-refractivity contribution is -0.139. The van der Waals surface area contributed by atoms with Crippen molar-refractivity contribution >= 4 is 29.4 Å². The Balaban J connectivity index is 1.34. The average molecular weight is 455 g/mol. The van der Waals surface area contributed by atoms with Gasteiger partial charge in [0.1, 0.15) is 12.1 Å². The van der Waals surface area contributed by atoms with E-state index < -0.39 is 17.5 Å². The monoisotopic (exact) mass is 454 g/mol. The SMILES string of the molecule is Cc1ccc(C2(C)NC(=O)N(CC(=O)N3CCN(Cc4ccc(Cl)cc4)CC3)C2=O)cc1. The molecule has 1 unspecified atom stereocenters. The molecule has 0 aliphatic carbocycles. The second-order valence-electron chi connectivity index (χ2n) is 8.60. The molecular formula is C24H27ClN4O3. The highest BCUT2D eigenvalue weighted by Crippen LogP contribution is 2.29. The van der Waals surface area contributed by atoms with Gasteiger partial charge < -0.3 is 10.2 Å². The Labute approximate surface area is 192 Å². The quantitative estimate of drug-likeness (QED) is 0.705. The van der Waals surface area contributed by atoms with Crippen molar-refractivity contribution in [1.29, 1.82) is 0 Å². The maximum absolute atomic E-state index is 13.1. The predicted molar refractivity (Wildman–Crippen MR) is 122 cm³/mol. The second-order valence-corrected chi connectivity index (χ2v) is 9.03. The van der Waals surface area contributed by atoms with Gasteiger partial charge in [-0.05, 0) is 37.1 Å². The molecule has 4 rings (SSSR count). The minimum Gasteiger partial charge on any atom is -0.339 e. The largest absolute Gasteiger partial charge is 0.339 e. The number of nitrogens with zero attached hydrogens (tertiary/aromatic N) is 3. The Morgan fingerprint density at radius 1 is 1.00 bits per heavy atom. The molecule has 8 heteroatoms. The van der Waals surface area contributed by atoms with Crippen molar-refractivity contribution in [3.63, 3.8) is 0 Å². The molecule has 2 aliphatic rings. The van der Waals surface area contributed by atoms with Gasteiger partial charge >= 0.3 is 6.03 Å². The number of piperazine rings is 1. The number of imide groups is 1. The first-order chi connectivity index (χ1) is 15.3. The summed E-state index contributed by atoms with van der Waals surface area (Å²) in [4.78, 5) is 43.5. The summed E-state index contributed by atoms with van der Waals surface area (Å²) in [5, 5.41) is 3.47. The predicted octanol–water partition coefficient (Wildman–Crippen LogP) is 2.76. The number of carbonyl (C=O) groups is 3. The number of urea groups is 1. The first-order valence-corrected chi connectivity index (χ1v) is 11.1. The zero-order chi connectivity index (χ0) is 22.9. The number of benzene rings is 2. The van der Waals surface area contributed by atoms with Crippen molar-refractivity contribution in [2.45, 2.75) is 25.9 Å². The lowest BCUT2D eigenvalue weighted by Crippen LogP contribution is -2.51. The van der Waals surface area contributed by atoms with Crippen LogP contribution in [0.15, 0.2) is 48.5 Å². The summed E-state index contributed by atoms with van der Waals surface area (Å²) in [7, 11) is 0. The van der Waals surface area contributed by atoms with Gasteiger partial charge in [0.25, 0.3) is 5.91 Å². The maximum Gasteiger partial charge on any atom is 0.325 e. The maximum atomic E-state index is 13.1. The van der Waals surface area contributed by atoms with E-state index in [1.807, 2.05) is 55.5 Å². The van der Waals surface area contributed by atoms with E-state index in [0.717, 1.165) is 30.1 Å². The van der Waals surface area contributed by atoms with Gasteiger partial charge in [-0.1, -0.05) is 53.6 Å². The Bertz CT molecular complexity index is 1020. The molecule has 2 saturated heterocycles. The molecule has 1 N–H and O–H groups in total. The van der Waals surface area contributed by atoms with Crippen LogP contribution >= 0.6 is 11.6 Å². The number of carbonyl (C=O) groups excluding carboxylic acids is 3. The third-order valence-corrected chi connectivity index (χ3v) is 6.49. The Kier molecular flexibility index (Phi) is 6.22. The molecule has 2 heterocycles. The fourth-order valence-electron chi connectivity index (χ4n) is 4.16. The lowest BCUT2D eigenvalue weighted by atomic mass is 9.91. The van der Waals surface area contributed by atoms with Gasteiger partial charge in [-0.2, -0.15) is 0 Å². The molecule has 168 valence electrons. The second kappa shape index (κ2) is 8.92. The van der Waals surface area contributed by atoms with E-state index in [1.165, 1.54) is 5.56 Å². The van der Waals surface area contributed by atoms with Crippen LogP contribution in [0.2, 0.25) is 5.02 Å².